The Balaban J connectivity index is 1.99. The summed E-state index contributed by atoms with van der Waals surface area (Å²) in [5, 5.41) is 14.1. The van der Waals surface area contributed by atoms with Gasteiger partial charge in [0.15, 0.2) is 0 Å². The minimum atomic E-state index is 0.275. The largest absolute Gasteiger partial charge is 0.217 e. The number of halogens is 1. The van der Waals surface area contributed by atoms with Crippen molar-refractivity contribution in [1.82, 2.24) is 20.2 Å². The summed E-state index contributed by atoms with van der Waals surface area (Å²) in [4.78, 5) is 0. The van der Waals surface area contributed by atoms with Gasteiger partial charge in [-0.15, -0.1) is 5.10 Å². The monoisotopic (exact) mass is 318 g/mol. The number of rotatable bonds is 5. The molecule has 0 radical (unpaired) electrons. The van der Waals surface area contributed by atoms with Crippen molar-refractivity contribution in [1.29, 1.82) is 0 Å². The molecule has 1 aliphatic carbocycles. The number of hydrogen-bond donors (Lipinski definition) is 0. The van der Waals surface area contributed by atoms with Crippen LogP contribution >= 0.6 is 27.7 Å². The molecule has 0 aliphatic heterocycles. The first-order chi connectivity index (χ1) is 8.12. The molecule has 6 heteroatoms. The molecule has 0 unspecified atom stereocenters. The molecule has 0 amide bonds. The molecular formula is C11H19BrN4S. The van der Waals surface area contributed by atoms with Crippen LogP contribution < -0.4 is 0 Å². The summed E-state index contributed by atoms with van der Waals surface area (Å²) in [6, 6.07) is 0.527. The Bertz CT molecular complexity index is 360. The molecule has 1 aliphatic rings. The Morgan fingerprint density at radius 2 is 2.12 bits per heavy atom. The van der Waals surface area contributed by atoms with Crippen LogP contribution in [0.15, 0.2) is 5.16 Å². The Hall–Kier alpha value is -0.100. The summed E-state index contributed by atoms with van der Waals surface area (Å²) in [5.41, 5.74) is 0.275. The van der Waals surface area contributed by atoms with Gasteiger partial charge in [-0.05, 0) is 28.7 Å². The molecule has 1 fully saturated rings. The summed E-state index contributed by atoms with van der Waals surface area (Å²) in [7, 11) is 0. The second-order valence-corrected chi connectivity index (χ2v) is 6.93. The molecule has 4 nitrogen and oxygen atoms in total. The summed E-state index contributed by atoms with van der Waals surface area (Å²) >= 11 is 5.32. The van der Waals surface area contributed by atoms with Crippen molar-refractivity contribution >= 4 is 27.7 Å². The van der Waals surface area contributed by atoms with Gasteiger partial charge in [0.2, 0.25) is 5.16 Å². The van der Waals surface area contributed by atoms with E-state index in [0.29, 0.717) is 6.04 Å². The molecule has 0 N–H and O–H groups in total. The standard InChI is InChI=1S/C11H19BrN4S/c1-11(2,7-12)8-17-10-13-14-15-16(10)9-5-3-4-6-9/h9H,3-8H2,1-2H3. The van der Waals surface area contributed by atoms with Gasteiger partial charge in [0.05, 0.1) is 6.04 Å². The van der Waals surface area contributed by atoms with Crippen molar-refractivity contribution in [3.63, 3.8) is 0 Å². The average molecular weight is 319 g/mol. The van der Waals surface area contributed by atoms with Crippen molar-refractivity contribution < 1.29 is 0 Å². The van der Waals surface area contributed by atoms with Crippen LogP contribution in [0.25, 0.3) is 0 Å². The van der Waals surface area contributed by atoms with Gasteiger partial charge in [-0.1, -0.05) is 54.4 Å². The van der Waals surface area contributed by atoms with E-state index in [2.05, 4.69) is 45.3 Å². The molecule has 1 heterocycles. The molecule has 96 valence electrons. The average Bonchev–Trinajstić information content (AvgIpc) is 2.96. The van der Waals surface area contributed by atoms with E-state index < -0.39 is 0 Å². The fraction of sp³-hybridized carbons (Fsp3) is 0.909. The van der Waals surface area contributed by atoms with Gasteiger partial charge in [-0.25, -0.2) is 4.68 Å². The van der Waals surface area contributed by atoms with Crippen LogP contribution in [0.1, 0.15) is 45.6 Å². The van der Waals surface area contributed by atoms with Gasteiger partial charge in [0.25, 0.3) is 0 Å². The molecule has 0 atom stereocenters. The van der Waals surface area contributed by atoms with Gasteiger partial charge < -0.3 is 0 Å². The number of aromatic nitrogens is 4. The van der Waals surface area contributed by atoms with Gasteiger partial charge >= 0.3 is 0 Å². The van der Waals surface area contributed by atoms with Crippen molar-refractivity contribution in [2.75, 3.05) is 11.1 Å². The lowest BCUT2D eigenvalue weighted by Gasteiger charge is -2.20. The molecule has 0 bridgehead atoms. The molecule has 1 aromatic rings. The van der Waals surface area contributed by atoms with E-state index in [1.165, 1.54) is 25.7 Å². The van der Waals surface area contributed by atoms with Crippen LogP contribution in [0, 0.1) is 5.41 Å². The van der Waals surface area contributed by atoms with Crippen molar-refractivity contribution in [3.05, 3.63) is 0 Å². The minimum absolute atomic E-state index is 0.275. The second kappa shape index (κ2) is 5.69. The first kappa shape index (κ1) is 13.3. The number of thioether (sulfide) groups is 1. The molecule has 0 saturated heterocycles. The molecule has 1 saturated carbocycles. The highest BCUT2D eigenvalue weighted by molar-refractivity contribution is 9.09. The Labute approximate surface area is 115 Å². The third-order valence-electron chi connectivity index (χ3n) is 3.09. The Morgan fingerprint density at radius 1 is 1.41 bits per heavy atom. The topological polar surface area (TPSA) is 43.6 Å². The third-order valence-corrected chi connectivity index (χ3v) is 6.06. The predicted octanol–water partition coefficient (Wildman–Crippen LogP) is 3.30. The lowest BCUT2D eigenvalue weighted by Crippen LogP contribution is -2.17. The van der Waals surface area contributed by atoms with Crippen LogP contribution in [0.2, 0.25) is 0 Å². The maximum absolute atomic E-state index is 4.15. The zero-order valence-electron chi connectivity index (χ0n) is 10.4. The van der Waals surface area contributed by atoms with Crippen LogP contribution in [-0.4, -0.2) is 31.3 Å². The highest BCUT2D eigenvalue weighted by Gasteiger charge is 2.23. The summed E-state index contributed by atoms with van der Waals surface area (Å²) in [5.74, 6) is 1.03. The smallest absolute Gasteiger partial charge is 0.209 e. The first-order valence-corrected chi connectivity index (χ1v) is 8.20. The van der Waals surface area contributed by atoms with E-state index in [4.69, 9.17) is 0 Å². The molecule has 17 heavy (non-hydrogen) atoms. The Morgan fingerprint density at radius 3 is 2.76 bits per heavy atom. The van der Waals surface area contributed by atoms with Crippen molar-refractivity contribution in [2.45, 2.75) is 50.7 Å². The van der Waals surface area contributed by atoms with E-state index in [1.807, 2.05) is 4.68 Å². The SMILES string of the molecule is CC(C)(CBr)CSc1nnnn1C1CCCC1. The predicted molar refractivity (Wildman–Crippen MR) is 73.6 cm³/mol. The maximum Gasteiger partial charge on any atom is 0.209 e. The maximum atomic E-state index is 4.15. The summed E-state index contributed by atoms with van der Waals surface area (Å²) in [6.07, 6.45) is 5.06. The van der Waals surface area contributed by atoms with Crippen LogP contribution in [0.4, 0.5) is 0 Å². The normalized spacial score (nSPS) is 17.8. The number of nitrogens with zero attached hydrogens (tertiary/aromatic N) is 4. The van der Waals surface area contributed by atoms with E-state index in [9.17, 15) is 0 Å². The summed E-state index contributed by atoms with van der Waals surface area (Å²) in [6.45, 7) is 4.50. The van der Waals surface area contributed by atoms with Gasteiger partial charge in [0, 0.05) is 11.1 Å². The molecule has 2 rings (SSSR count). The second-order valence-electron chi connectivity index (χ2n) is 5.43. The number of hydrogen-bond acceptors (Lipinski definition) is 4. The van der Waals surface area contributed by atoms with Crippen LogP contribution in [-0.2, 0) is 0 Å². The van der Waals surface area contributed by atoms with Gasteiger partial charge in [0.1, 0.15) is 0 Å². The highest BCUT2D eigenvalue weighted by atomic mass is 79.9. The van der Waals surface area contributed by atoms with Crippen molar-refractivity contribution in [3.8, 4) is 0 Å². The fourth-order valence-electron chi connectivity index (χ4n) is 1.96. The molecule has 1 aromatic heterocycles. The van der Waals surface area contributed by atoms with Crippen LogP contribution in [0.3, 0.4) is 0 Å². The zero-order valence-corrected chi connectivity index (χ0v) is 12.8. The number of tetrazole rings is 1. The van der Waals surface area contributed by atoms with E-state index >= 15 is 0 Å². The van der Waals surface area contributed by atoms with Crippen molar-refractivity contribution in [2.24, 2.45) is 5.41 Å². The molecule has 0 spiro atoms. The lowest BCUT2D eigenvalue weighted by molar-refractivity contribution is 0.421. The molecule has 0 aromatic carbocycles. The van der Waals surface area contributed by atoms with Gasteiger partial charge in [-0.2, -0.15) is 0 Å². The fourth-order valence-corrected chi connectivity index (χ4v) is 3.45. The highest BCUT2D eigenvalue weighted by Crippen LogP contribution is 2.33. The quantitative estimate of drug-likeness (QED) is 0.617. The number of alkyl halides is 1. The lowest BCUT2D eigenvalue weighted by atomic mass is 10.0. The van der Waals surface area contributed by atoms with Crippen LogP contribution in [0.5, 0.6) is 0 Å². The first-order valence-electron chi connectivity index (χ1n) is 6.09. The Kier molecular flexibility index (Phi) is 4.47. The molecular weight excluding hydrogens is 300 g/mol. The zero-order chi connectivity index (χ0) is 12.3. The van der Waals surface area contributed by atoms with E-state index in [-0.39, 0.29) is 5.41 Å². The third kappa shape index (κ3) is 3.44. The minimum Gasteiger partial charge on any atom is -0.217 e. The van der Waals surface area contributed by atoms with E-state index in [0.717, 1.165) is 16.2 Å². The van der Waals surface area contributed by atoms with Gasteiger partial charge in [-0.3, -0.25) is 0 Å². The summed E-state index contributed by atoms with van der Waals surface area (Å²) < 4.78 is 2.03. The van der Waals surface area contributed by atoms with E-state index in [1.54, 1.807) is 11.8 Å².